The van der Waals surface area contributed by atoms with Crippen LogP contribution in [0, 0.1) is 5.92 Å². The summed E-state index contributed by atoms with van der Waals surface area (Å²) < 4.78 is 0. The number of aliphatic hydroxyl groups excluding tert-OH is 1. The second-order valence-corrected chi connectivity index (χ2v) is 6.94. The average Bonchev–Trinajstić information content (AvgIpc) is 2.34. The highest BCUT2D eigenvalue weighted by Gasteiger charge is 2.18. The van der Waals surface area contributed by atoms with Gasteiger partial charge in [0.05, 0.1) is 12.1 Å². The van der Waals surface area contributed by atoms with Crippen LogP contribution in [0.1, 0.15) is 64.6 Å². The minimum atomic E-state index is -0.456. The van der Waals surface area contributed by atoms with Crippen molar-refractivity contribution in [2.24, 2.45) is 11.7 Å². The molecule has 0 spiro atoms. The van der Waals surface area contributed by atoms with Gasteiger partial charge in [0.25, 0.3) is 0 Å². The van der Waals surface area contributed by atoms with Crippen LogP contribution in [0.4, 0.5) is 0 Å². The van der Waals surface area contributed by atoms with Gasteiger partial charge in [0.1, 0.15) is 0 Å². The smallest absolute Gasteiger partial charge is 0.0732 e. The molecule has 3 N–H and O–H groups in total. The van der Waals surface area contributed by atoms with E-state index in [9.17, 15) is 5.11 Å². The van der Waals surface area contributed by atoms with E-state index in [2.05, 4.69) is 46.8 Å². The van der Waals surface area contributed by atoms with Gasteiger partial charge >= 0.3 is 0 Å². The summed E-state index contributed by atoms with van der Waals surface area (Å²) in [6.07, 6.45) is 1.32. The van der Waals surface area contributed by atoms with Gasteiger partial charge in [0, 0.05) is 0 Å². The van der Waals surface area contributed by atoms with Gasteiger partial charge in [-0.05, 0) is 35.3 Å². The van der Waals surface area contributed by atoms with Crippen molar-refractivity contribution >= 4 is 12.4 Å². The Morgan fingerprint density at radius 3 is 1.95 bits per heavy atom. The Labute approximate surface area is 130 Å². The molecule has 2 nitrogen and oxygen atoms in total. The molecule has 0 aromatic heterocycles. The Morgan fingerprint density at radius 1 is 1.05 bits per heavy atom. The highest BCUT2D eigenvalue weighted by molar-refractivity contribution is 5.85. The fourth-order valence-electron chi connectivity index (χ4n) is 2.11. The molecule has 0 saturated heterocycles. The van der Waals surface area contributed by atoms with Gasteiger partial charge in [0.2, 0.25) is 0 Å². The molecule has 0 radical (unpaired) electrons. The van der Waals surface area contributed by atoms with E-state index in [4.69, 9.17) is 5.73 Å². The SMILES string of the molecule is CC(C)CC[C@@H](O)[C@@H](N)c1ccc(C(C)(C)C)cc1.Cl. The van der Waals surface area contributed by atoms with Crippen molar-refractivity contribution in [1.82, 2.24) is 0 Å². The summed E-state index contributed by atoms with van der Waals surface area (Å²) in [5, 5.41) is 10.1. The largest absolute Gasteiger partial charge is 0.391 e. The molecule has 0 amide bonds. The highest BCUT2D eigenvalue weighted by atomic mass is 35.5. The zero-order valence-electron chi connectivity index (χ0n) is 13.4. The van der Waals surface area contributed by atoms with Gasteiger partial charge in [-0.2, -0.15) is 0 Å². The zero-order chi connectivity index (χ0) is 14.6. The average molecular weight is 300 g/mol. The summed E-state index contributed by atoms with van der Waals surface area (Å²) in [7, 11) is 0. The quantitative estimate of drug-likeness (QED) is 0.856. The third-order valence-corrected chi connectivity index (χ3v) is 3.62. The molecule has 1 aromatic carbocycles. The van der Waals surface area contributed by atoms with E-state index >= 15 is 0 Å². The number of aliphatic hydroxyl groups is 1. The standard InChI is InChI=1S/C17H29NO.ClH/c1-12(2)6-11-15(19)16(18)13-7-9-14(10-8-13)17(3,4)5;/h7-10,12,15-16,19H,6,11,18H2,1-5H3;1H/t15-,16+;/m1./s1. The van der Waals surface area contributed by atoms with Crippen LogP contribution in [-0.2, 0) is 5.41 Å². The van der Waals surface area contributed by atoms with Crippen LogP contribution in [0.2, 0.25) is 0 Å². The van der Waals surface area contributed by atoms with E-state index < -0.39 is 6.10 Å². The fraction of sp³-hybridized carbons (Fsp3) is 0.647. The first-order chi connectivity index (χ1) is 8.71. The van der Waals surface area contributed by atoms with Crippen LogP contribution >= 0.6 is 12.4 Å². The van der Waals surface area contributed by atoms with Crippen molar-refractivity contribution in [3.8, 4) is 0 Å². The maximum Gasteiger partial charge on any atom is 0.0732 e. The summed E-state index contributed by atoms with van der Waals surface area (Å²) in [4.78, 5) is 0. The predicted molar refractivity (Wildman–Crippen MR) is 89.4 cm³/mol. The van der Waals surface area contributed by atoms with E-state index in [1.165, 1.54) is 5.56 Å². The molecular formula is C17H30ClNO. The lowest BCUT2D eigenvalue weighted by molar-refractivity contribution is 0.128. The first kappa shape index (κ1) is 19.4. The predicted octanol–water partition coefficient (Wildman–Crippen LogP) is 4.20. The Balaban J connectivity index is 0.00000361. The summed E-state index contributed by atoms with van der Waals surface area (Å²) in [6.45, 7) is 10.9. The second kappa shape index (κ2) is 8.02. The van der Waals surface area contributed by atoms with Gasteiger partial charge in [-0.1, -0.05) is 58.9 Å². The minimum absolute atomic E-state index is 0. The normalized spacial score (nSPS) is 14.8. The Kier molecular flexibility index (Phi) is 7.79. The first-order valence-electron chi connectivity index (χ1n) is 7.26. The van der Waals surface area contributed by atoms with E-state index in [0.717, 1.165) is 18.4 Å². The molecule has 0 heterocycles. The van der Waals surface area contributed by atoms with Crippen molar-refractivity contribution in [2.45, 2.75) is 65.0 Å². The van der Waals surface area contributed by atoms with E-state index in [-0.39, 0.29) is 23.9 Å². The molecular weight excluding hydrogens is 270 g/mol. The number of nitrogens with two attached hydrogens (primary N) is 1. The van der Waals surface area contributed by atoms with E-state index in [1.807, 2.05) is 12.1 Å². The van der Waals surface area contributed by atoms with Crippen molar-refractivity contribution < 1.29 is 5.11 Å². The first-order valence-corrected chi connectivity index (χ1v) is 7.26. The molecule has 1 aromatic rings. The van der Waals surface area contributed by atoms with Crippen molar-refractivity contribution in [2.75, 3.05) is 0 Å². The molecule has 0 aliphatic heterocycles. The molecule has 20 heavy (non-hydrogen) atoms. The van der Waals surface area contributed by atoms with E-state index in [1.54, 1.807) is 0 Å². The molecule has 116 valence electrons. The van der Waals surface area contributed by atoms with Crippen molar-refractivity contribution in [3.05, 3.63) is 35.4 Å². The van der Waals surface area contributed by atoms with Crippen LogP contribution in [0.15, 0.2) is 24.3 Å². The molecule has 0 aliphatic rings. The maximum absolute atomic E-state index is 10.1. The molecule has 0 unspecified atom stereocenters. The van der Waals surface area contributed by atoms with Crippen molar-refractivity contribution in [1.29, 1.82) is 0 Å². The van der Waals surface area contributed by atoms with Gasteiger partial charge in [-0.25, -0.2) is 0 Å². The van der Waals surface area contributed by atoms with E-state index in [0.29, 0.717) is 5.92 Å². The second-order valence-electron chi connectivity index (χ2n) is 6.94. The minimum Gasteiger partial charge on any atom is -0.391 e. The summed E-state index contributed by atoms with van der Waals surface area (Å²) in [6, 6.07) is 8.04. The Morgan fingerprint density at radius 2 is 1.55 bits per heavy atom. The third kappa shape index (κ3) is 5.82. The molecule has 0 aliphatic carbocycles. The number of hydrogen-bond acceptors (Lipinski definition) is 2. The van der Waals surface area contributed by atoms with Gasteiger partial charge in [-0.3, -0.25) is 0 Å². The zero-order valence-corrected chi connectivity index (χ0v) is 14.2. The van der Waals surface area contributed by atoms with Crippen molar-refractivity contribution in [3.63, 3.8) is 0 Å². The number of rotatable bonds is 5. The number of halogens is 1. The topological polar surface area (TPSA) is 46.2 Å². The lowest BCUT2D eigenvalue weighted by Crippen LogP contribution is -2.26. The lowest BCUT2D eigenvalue weighted by atomic mass is 9.85. The maximum atomic E-state index is 10.1. The molecule has 0 saturated carbocycles. The lowest BCUT2D eigenvalue weighted by Gasteiger charge is -2.23. The number of hydrogen-bond donors (Lipinski definition) is 2. The summed E-state index contributed by atoms with van der Waals surface area (Å²) in [5.74, 6) is 0.602. The fourth-order valence-corrected chi connectivity index (χ4v) is 2.11. The third-order valence-electron chi connectivity index (χ3n) is 3.62. The van der Waals surface area contributed by atoms with Crippen LogP contribution in [0.5, 0.6) is 0 Å². The van der Waals surface area contributed by atoms with Crippen LogP contribution in [0.25, 0.3) is 0 Å². The summed E-state index contributed by atoms with van der Waals surface area (Å²) in [5.41, 5.74) is 8.60. The highest BCUT2D eigenvalue weighted by Crippen LogP contribution is 2.25. The monoisotopic (exact) mass is 299 g/mol. The van der Waals surface area contributed by atoms with Gasteiger partial charge < -0.3 is 10.8 Å². The van der Waals surface area contributed by atoms with Crippen LogP contribution in [0.3, 0.4) is 0 Å². The Bertz CT molecular complexity index is 381. The molecule has 2 atom stereocenters. The molecule has 3 heteroatoms. The summed E-state index contributed by atoms with van der Waals surface area (Å²) >= 11 is 0. The Hall–Kier alpha value is -0.570. The number of benzene rings is 1. The van der Waals surface area contributed by atoms with Crippen LogP contribution in [-0.4, -0.2) is 11.2 Å². The van der Waals surface area contributed by atoms with Gasteiger partial charge in [0.15, 0.2) is 0 Å². The van der Waals surface area contributed by atoms with Gasteiger partial charge in [-0.15, -0.1) is 12.4 Å². The van der Waals surface area contributed by atoms with Crippen LogP contribution < -0.4 is 5.73 Å². The molecule has 1 rings (SSSR count). The molecule has 0 fully saturated rings. The molecule has 0 bridgehead atoms.